The molecule has 0 unspecified atom stereocenters. The fraction of sp³-hybridized carbons (Fsp3) is 0.111. The second kappa shape index (κ2) is 6.04. The van der Waals surface area contributed by atoms with Gasteiger partial charge in [-0.1, -0.05) is 12.1 Å². The van der Waals surface area contributed by atoms with Gasteiger partial charge in [-0.05, 0) is 42.8 Å². The van der Waals surface area contributed by atoms with E-state index in [2.05, 4.69) is 0 Å². The lowest BCUT2D eigenvalue weighted by Crippen LogP contribution is -2.10. The Labute approximate surface area is 131 Å². The first-order chi connectivity index (χ1) is 11.0. The Morgan fingerprint density at radius 1 is 1.17 bits per heavy atom. The highest BCUT2D eigenvalue weighted by molar-refractivity contribution is 5.96. The van der Waals surface area contributed by atoms with Gasteiger partial charge < -0.3 is 9.15 Å². The van der Waals surface area contributed by atoms with Crippen LogP contribution in [0.2, 0.25) is 0 Å². The third-order valence-electron chi connectivity index (χ3n) is 3.38. The first kappa shape index (κ1) is 15.0. The predicted octanol–water partition coefficient (Wildman–Crippen LogP) is 3.71. The van der Waals surface area contributed by atoms with E-state index in [0.29, 0.717) is 22.3 Å². The topological polar surface area (TPSA) is 56.5 Å². The fourth-order valence-electron chi connectivity index (χ4n) is 2.22. The summed E-state index contributed by atoms with van der Waals surface area (Å²) >= 11 is 0. The molecule has 3 rings (SSSR count). The van der Waals surface area contributed by atoms with Crippen LogP contribution in [0.4, 0.5) is 4.39 Å². The Balaban J connectivity index is 1.87. The molecule has 0 aliphatic heterocycles. The Hall–Kier alpha value is -2.95. The lowest BCUT2D eigenvalue weighted by Gasteiger charge is -2.07. The molecule has 4 nitrogen and oxygen atoms in total. The monoisotopic (exact) mass is 312 g/mol. The highest BCUT2D eigenvalue weighted by Gasteiger charge is 2.10. The average Bonchev–Trinajstić information content (AvgIpc) is 2.52. The van der Waals surface area contributed by atoms with Crippen LogP contribution in [-0.2, 0) is 6.61 Å². The van der Waals surface area contributed by atoms with Crippen LogP contribution in [0.3, 0.4) is 0 Å². The minimum atomic E-state index is -0.674. The summed E-state index contributed by atoms with van der Waals surface area (Å²) in [6.07, 6.45) is 0. The van der Waals surface area contributed by atoms with E-state index >= 15 is 0 Å². The lowest BCUT2D eigenvalue weighted by atomic mass is 10.1. The number of hydrogen-bond donors (Lipinski definition) is 0. The molecule has 1 heterocycles. The highest BCUT2D eigenvalue weighted by Crippen LogP contribution is 2.21. The van der Waals surface area contributed by atoms with Crippen molar-refractivity contribution in [2.75, 3.05) is 0 Å². The number of carbonyl (C=O) groups excluding carboxylic acids is 1. The van der Waals surface area contributed by atoms with Crippen molar-refractivity contribution in [1.82, 2.24) is 0 Å². The molecule has 2 aromatic carbocycles. The van der Waals surface area contributed by atoms with Gasteiger partial charge in [0.05, 0.1) is 0 Å². The quantitative estimate of drug-likeness (QED) is 0.544. The molecule has 23 heavy (non-hydrogen) atoms. The Morgan fingerprint density at radius 2 is 2.00 bits per heavy atom. The lowest BCUT2D eigenvalue weighted by molar-refractivity contribution is 0.101. The molecule has 1 aromatic heterocycles. The van der Waals surface area contributed by atoms with Gasteiger partial charge in [-0.25, -0.2) is 9.18 Å². The van der Waals surface area contributed by atoms with E-state index in [-0.39, 0.29) is 23.8 Å². The molecule has 0 radical (unpaired) electrons. The molecular formula is C18H13FO4. The van der Waals surface area contributed by atoms with Crippen LogP contribution in [0, 0.1) is 5.82 Å². The molecule has 0 N–H and O–H groups in total. The molecule has 0 fully saturated rings. The summed E-state index contributed by atoms with van der Waals surface area (Å²) in [6.45, 7) is 1.51. The van der Waals surface area contributed by atoms with Crippen molar-refractivity contribution in [2.45, 2.75) is 13.5 Å². The number of ether oxygens (including phenoxy) is 1. The SMILES string of the molecule is CC(=O)c1cc2ccc(OCc3cccc(F)c3)cc2oc1=O. The van der Waals surface area contributed by atoms with Crippen LogP contribution < -0.4 is 10.4 Å². The molecule has 0 bridgehead atoms. The minimum Gasteiger partial charge on any atom is -0.489 e. The summed E-state index contributed by atoms with van der Waals surface area (Å²) in [4.78, 5) is 23.1. The van der Waals surface area contributed by atoms with Crippen LogP contribution in [0.1, 0.15) is 22.8 Å². The number of rotatable bonds is 4. The normalized spacial score (nSPS) is 10.7. The maximum absolute atomic E-state index is 13.1. The Bertz CT molecular complexity index is 943. The van der Waals surface area contributed by atoms with Gasteiger partial charge in [0.25, 0.3) is 0 Å². The third-order valence-corrected chi connectivity index (χ3v) is 3.38. The summed E-state index contributed by atoms with van der Waals surface area (Å²) in [7, 11) is 0. The number of benzene rings is 2. The third kappa shape index (κ3) is 3.29. The van der Waals surface area contributed by atoms with Crippen molar-refractivity contribution in [3.05, 3.63) is 75.9 Å². The predicted molar refractivity (Wildman–Crippen MR) is 83.2 cm³/mol. The van der Waals surface area contributed by atoms with Gasteiger partial charge in [0, 0.05) is 11.5 Å². The first-order valence-electron chi connectivity index (χ1n) is 6.99. The van der Waals surface area contributed by atoms with Crippen LogP contribution in [0.25, 0.3) is 11.0 Å². The standard InChI is InChI=1S/C18H13FO4/c1-11(20)16-8-13-5-6-15(9-17(13)23-18(16)21)22-10-12-3-2-4-14(19)7-12/h2-9H,10H2,1H3. The van der Waals surface area contributed by atoms with Crippen molar-refractivity contribution >= 4 is 16.8 Å². The summed E-state index contributed by atoms with van der Waals surface area (Å²) in [5, 5.41) is 0.632. The first-order valence-corrected chi connectivity index (χ1v) is 6.99. The van der Waals surface area contributed by atoms with Crippen molar-refractivity contribution in [1.29, 1.82) is 0 Å². The molecule has 0 atom stereocenters. The second-order valence-corrected chi connectivity index (χ2v) is 5.12. The molecule has 5 heteroatoms. The van der Waals surface area contributed by atoms with E-state index in [1.54, 1.807) is 30.3 Å². The Morgan fingerprint density at radius 3 is 2.74 bits per heavy atom. The van der Waals surface area contributed by atoms with E-state index in [9.17, 15) is 14.0 Å². The molecule has 116 valence electrons. The molecule has 0 saturated heterocycles. The van der Waals surface area contributed by atoms with Crippen LogP contribution >= 0.6 is 0 Å². The van der Waals surface area contributed by atoms with Crippen molar-refractivity contribution in [2.24, 2.45) is 0 Å². The molecule has 0 aliphatic rings. The molecule has 0 amide bonds. The second-order valence-electron chi connectivity index (χ2n) is 5.12. The largest absolute Gasteiger partial charge is 0.489 e. The van der Waals surface area contributed by atoms with Crippen LogP contribution in [0.15, 0.2) is 57.7 Å². The molecular weight excluding hydrogens is 299 g/mol. The van der Waals surface area contributed by atoms with Gasteiger partial charge in [0.2, 0.25) is 0 Å². The minimum absolute atomic E-state index is 0.0194. The van der Waals surface area contributed by atoms with Gasteiger partial charge in [0.1, 0.15) is 29.3 Å². The number of ketones is 1. The smallest absolute Gasteiger partial charge is 0.347 e. The van der Waals surface area contributed by atoms with E-state index in [1.807, 2.05) is 0 Å². The van der Waals surface area contributed by atoms with Crippen LogP contribution in [0.5, 0.6) is 5.75 Å². The molecule has 0 saturated carbocycles. The van der Waals surface area contributed by atoms with E-state index in [1.165, 1.54) is 25.1 Å². The zero-order valence-electron chi connectivity index (χ0n) is 12.3. The van der Waals surface area contributed by atoms with Gasteiger partial charge in [-0.3, -0.25) is 4.79 Å². The number of halogens is 1. The van der Waals surface area contributed by atoms with Gasteiger partial charge in [-0.2, -0.15) is 0 Å². The summed E-state index contributed by atoms with van der Waals surface area (Å²) < 4.78 is 23.8. The van der Waals surface area contributed by atoms with Crippen molar-refractivity contribution in [3.63, 3.8) is 0 Å². The zero-order valence-corrected chi connectivity index (χ0v) is 12.3. The number of fused-ring (bicyclic) bond motifs is 1. The van der Waals surface area contributed by atoms with Gasteiger partial charge in [0.15, 0.2) is 5.78 Å². The maximum Gasteiger partial charge on any atom is 0.347 e. The van der Waals surface area contributed by atoms with Gasteiger partial charge >= 0.3 is 5.63 Å². The summed E-state index contributed by atoms with van der Waals surface area (Å²) in [5.41, 5.74) is 0.369. The molecule has 0 aliphatic carbocycles. The van der Waals surface area contributed by atoms with E-state index in [4.69, 9.17) is 9.15 Å². The van der Waals surface area contributed by atoms with Crippen LogP contribution in [-0.4, -0.2) is 5.78 Å². The number of Topliss-reactive ketones (excluding diaryl/α,β-unsaturated/α-hetero) is 1. The van der Waals surface area contributed by atoms with Gasteiger partial charge in [-0.15, -0.1) is 0 Å². The summed E-state index contributed by atoms with van der Waals surface area (Å²) in [5.74, 6) is -0.181. The highest BCUT2D eigenvalue weighted by atomic mass is 19.1. The number of carbonyl (C=O) groups is 1. The fourth-order valence-corrected chi connectivity index (χ4v) is 2.22. The summed E-state index contributed by atoms with van der Waals surface area (Å²) in [6, 6.07) is 12.6. The molecule has 3 aromatic rings. The van der Waals surface area contributed by atoms with Crippen molar-refractivity contribution in [3.8, 4) is 5.75 Å². The van der Waals surface area contributed by atoms with E-state index < -0.39 is 5.63 Å². The van der Waals surface area contributed by atoms with Crippen molar-refractivity contribution < 1.29 is 18.3 Å². The Kier molecular flexibility index (Phi) is 3.93. The number of hydrogen-bond acceptors (Lipinski definition) is 4. The van der Waals surface area contributed by atoms with E-state index in [0.717, 1.165) is 0 Å². The zero-order chi connectivity index (χ0) is 16.4. The molecule has 0 spiro atoms. The average molecular weight is 312 g/mol. The maximum atomic E-state index is 13.1.